The van der Waals surface area contributed by atoms with Crippen LogP contribution in [0.1, 0.15) is 41.4 Å². The number of benzene rings is 1. The highest BCUT2D eigenvalue weighted by Gasteiger charge is 2.23. The van der Waals surface area contributed by atoms with E-state index in [0.717, 1.165) is 37.0 Å². The van der Waals surface area contributed by atoms with Crippen LogP contribution in [0, 0.1) is 12.8 Å². The van der Waals surface area contributed by atoms with Gasteiger partial charge in [0.25, 0.3) is 11.3 Å². The van der Waals surface area contributed by atoms with Gasteiger partial charge in [-0.2, -0.15) is 0 Å². The van der Waals surface area contributed by atoms with E-state index < -0.39 is 11.5 Å². The second-order valence-electron chi connectivity index (χ2n) is 8.62. The minimum Gasteiger partial charge on any atom is -0.461 e. The highest BCUT2D eigenvalue weighted by Crippen LogP contribution is 2.19. The van der Waals surface area contributed by atoms with Gasteiger partial charge in [0.15, 0.2) is 0 Å². The second-order valence-corrected chi connectivity index (χ2v) is 8.62. The lowest BCUT2D eigenvalue weighted by molar-refractivity contribution is -0.122. The number of piperidine rings is 1. The molecule has 0 saturated carbocycles. The van der Waals surface area contributed by atoms with Crippen LogP contribution in [0.2, 0.25) is 0 Å². The van der Waals surface area contributed by atoms with Gasteiger partial charge in [-0.3, -0.25) is 19.1 Å². The van der Waals surface area contributed by atoms with E-state index in [-0.39, 0.29) is 48.3 Å². The normalized spacial score (nSPS) is 14.5. The fraction of sp³-hybridized carbons (Fsp3) is 0.458. The first kappa shape index (κ1) is 26.4. The number of aromatic nitrogens is 3. The summed E-state index contributed by atoms with van der Waals surface area (Å²) in [5.41, 5.74) is 1.70. The number of rotatable bonds is 8. The summed E-state index contributed by atoms with van der Waals surface area (Å²) in [5, 5.41) is 6.43. The lowest BCUT2D eigenvalue weighted by atomic mass is 9.96. The number of hydrogen-bond donors (Lipinski definition) is 1. The van der Waals surface area contributed by atoms with Crippen molar-refractivity contribution in [2.45, 2.75) is 39.8 Å². The Balaban J connectivity index is 0.00000342. The average Bonchev–Trinajstić information content (AvgIpc) is 3.27. The molecule has 0 bridgehead atoms. The minimum absolute atomic E-state index is 0. The number of ether oxygens (including phenoxy) is 1. The number of carbonyl (C=O) groups excluding carboxylic acids is 2. The van der Waals surface area contributed by atoms with Crippen LogP contribution in [0.5, 0.6) is 0 Å². The Hall–Kier alpha value is -3.24. The van der Waals surface area contributed by atoms with Crippen LogP contribution < -0.4 is 10.9 Å². The largest absolute Gasteiger partial charge is 0.461 e. The lowest BCUT2D eigenvalue weighted by Gasteiger charge is -2.32. The van der Waals surface area contributed by atoms with Gasteiger partial charge in [0, 0.05) is 13.1 Å². The Kier molecular flexibility index (Phi) is 9.00. The summed E-state index contributed by atoms with van der Waals surface area (Å²) < 4.78 is 11.0. The molecule has 35 heavy (non-hydrogen) atoms. The molecule has 3 heterocycles. The average molecular weight is 504 g/mol. The second kappa shape index (κ2) is 11.9. The molecule has 188 valence electrons. The van der Waals surface area contributed by atoms with Crippen molar-refractivity contribution in [1.82, 2.24) is 24.9 Å². The molecule has 1 aliphatic rings. The predicted octanol–water partition coefficient (Wildman–Crippen LogP) is 2.32. The van der Waals surface area contributed by atoms with Gasteiger partial charge in [-0.15, -0.1) is 12.4 Å². The Morgan fingerprint density at radius 2 is 1.91 bits per heavy atom. The zero-order chi connectivity index (χ0) is 24.1. The van der Waals surface area contributed by atoms with Gasteiger partial charge in [-0.1, -0.05) is 35.0 Å². The van der Waals surface area contributed by atoms with Crippen molar-refractivity contribution in [2.24, 2.45) is 5.92 Å². The molecule has 1 N–H and O–H groups in total. The molecule has 2 aromatic heterocycles. The SMILES string of the molecule is CCOC(=O)c1noc2ncn(CC(=O)NCC3CCN(Cc4ccc(C)cc4)CC3)c(=O)c12.Cl. The first-order valence-electron chi connectivity index (χ1n) is 11.5. The van der Waals surface area contributed by atoms with Crippen LogP contribution in [0.3, 0.4) is 0 Å². The fourth-order valence-corrected chi connectivity index (χ4v) is 4.10. The van der Waals surface area contributed by atoms with Crippen LogP contribution in [0.25, 0.3) is 11.1 Å². The topological polar surface area (TPSA) is 120 Å². The van der Waals surface area contributed by atoms with Crippen LogP contribution in [-0.4, -0.2) is 57.7 Å². The number of aryl methyl sites for hydroxylation is 1. The predicted molar refractivity (Wildman–Crippen MR) is 131 cm³/mol. The molecule has 1 aromatic carbocycles. The summed E-state index contributed by atoms with van der Waals surface area (Å²) in [6.07, 6.45) is 3.22. The summed E-state index contributed by atoms with van der Waals surface area (Å²) in [6, 6.07) is 8.62. The molecule has 0 radical (unpaired) electrons. The van der Waals surface area contributed by atoms with E-state index in [2.05, 4.69) is 51.5 Å². The smallest absolute Gasteiger partial charge is 0.361 e. The first-order valence-corrected chi connectivity index (χ1v) is 11.5. The minimum atomic E-state index is -0.768. The Morgan fingerprint density at radius 1 is 1.20 bits per heavy atom. The third-order valence-corrected chi connectivity index (χ3v) is 6.07. The van der Waals surface area contributed by atoms with Crippen molar-refractivity contribution in [2.75, 3.05) is 26.2 Å². The Morgan fingerprint density at radius 3 is 2.60 bits per heavy atom. The van der Waals surface area contributed by atoms with Gasteiger partial charge in [-0.25, -0.2) is 9.78 Å². The van der Waals surface area contributed by atoms with E-state index in [1.807, 2.05) is 0 Å². The fourth-order valence-electron chi connectivity index (χ4n) is 4.10. The van der Waals surface area contributed by atoms with Gasteiger partial charge in [0.2, 0.25) is 11.6 Å². The number of halogens is 1. The number of nitrogens with zero attached hydrogens (tertiary/aromatic N) is 4. The van der Waals surface area contributed by atoms with Crippen LogP contribution in [0.4, 0.5) is 0 Å². The summed E-state index contributed by atoms with van der Waals surface area (Å²) in [4.78, 5) is 43.7. The number of esters is 1. The number of hydrogen-bond acceptors (Lipinski definition) is 8. The lowest BCUT2D eigenvalue weighted by Crippen LogP contribution is -2.40. The zero-order valence-corrected chi connectivity index (χ0v) is 20.7. The molecule has 0 unspecified atom stereocenters. The number of likely N-dealkylation sites (tertiary alicyclic amines) is 1. The zero-order valence-electron chi connectivity index (χ0n) is 19.9. The number of fused-ring (bicyclic) bond motifs is 1. The maximum atomic E-state index is 12.8. The number of nitrogens with one attached hydrogen (secondary N) is 1. The molecule has 4 rings (SSSR count). The van der Waals surface area contributed by atoms with Crippen LogP contribution in [-0.2, 0) is 22.6 Å². The molecule has 0 atom stereocenters. The number of carbonyl (C=O) groups is 2. The molecular formula is C24H30ClN5O5. The van der Waals surface area contributed by atoms with E-state index in [9.17, 15) is 14.4 Å². The summed E-state index contributed by atoms with van der Waals surface area (Å²) in [5.74, 6) is -0.667. The molecule has 3 aromatic rings. The Bertz CT molecular complexity index is 1220. The van der Waals surface area contributed by atoms with E-state index in [0.29, 0.717) is 12.5 Å². The third kappa shape index (κ3) is 6.46. The maximum Gasteiger partial charge on any atom is 0.361 e. The molecule has 0 aliphatic carbocycles. The highest BCUT2D eigenvalue weighted by atomic mass is 35.5. The monoisotopic (exact) mass is 503 g/mol. The molecule has 1 fully saturated rings. The van der Waals surface area contributed by atoms with Gasteiger partial charge in [-0.05, 0) is 51.3 Å². The molecule has 1 aliphatic heterocycles. The van der Waals surface area contributed by atoms with Crippen molar-refractivity contribution in [3.63, 3.8) is 0 Å². The molecule has 10 nitrogen and oxygen atoms in total. The molecule has 0 spiro atoms. The molecule has 11 heteroatoms. The highest BCUT2D eigenvalue weighted by molar-refractivity contribution is 5.99. The van der Waals surface area contributed by atoms with Gasteiger partial charge >= 0.3 is 5.97 Å². The van der Waals surface area contributed by atoms with E-state index in [4.69, 9.17) is 9.26 Å². The van der Waals surface area contributed by atoms with Crippen molar-refractivity contribution >= 4 is 35.4 Å². The van der Waals surface area contributed by atoms with Gasteiger partial charge in [0.05, 0.1) is 6.61 Å². The van der Waals surface area contributed by atoms with Gasteiger partial charge in [0.1, 0.15) is 18.3 Å². The van der Waals surface area contributed by atoms with Crippen molar-refractivity contribution < 1.29 is 18.8 Å². The standard InChI is InChI=1S/C24H29N5O5.ClH/c1-3-33-24(32)21-20-22(34-27-21)26-15-29(23(20)31)14-19(30)25-12-17-8-10-28(11-9-17)13-18-6-4-16(2)5-7-18;/h4-7,15,17H,3,8-14H2,1-2H3,(H,25,30);1H. The molecular weight excluding hydrogens is 474 g/mol. The van der Waals surface area contributed by atoms with Crippen LogP contribution in [0.15, 0.2) is 39.9 Å². The van der Waals surface area contributed by atoms with E-state index in [1.165, 1.54) is 17.5 Å². The molecule has 1 amide bonds. The first-order chi connectivity index (χ1) is 16.4. The van der Waals surface area contributed by atoms with E-state index in [1.54, 1.807) is 6.92 Å². The summed E-state index contributed by atoms with van der Waals surface area (Å²) in [6.45, 7) is 7.13. The third-order valence-electron chi connectivity index (χ3n) is 6.07. The summed E-state index contributed by atoms with van der Waals surface area (Å²) >= 11 is 0. The number of amides is 1. The summed E-state index contributed by atoms with van der Waals surface area (Å²) in [7, 11) is 0. The van der Waals surface area contributed by atoms with Crippen molar-refractivity contribution in [3.8, 4) is 0 Å². The Labute approximate surface area is 209 Å². The van der Waals surface area contributed by atoms with Gasteiger partial charge < -0.3 is 14.6 Å². The van der Waals surface area contributed by atoms with E-state index >= 15 is 0 Å². The van der Waals surface area contributed by atoms with Crippen LogP contribution >= 0.6 is 12.4 Å². The van der Waals surface area contributed by atoms with Crippen molar-refractivity contribution in [1.29, 1.82) is 0 Å². The molecule has 1 saturated heterocycles. The quantitative estimate of drug-likeness (QED) is 0.465. The maximum absolute atomic E-state index is 12.8. The van der Waals surface area contributed by atoms with Crippen molar-refractivity contribution in [3.05, 3.63) is 57.8 Å².